The molecular weight excluding hydrogens is 698 g/mol. The minimum atomic E-state index is -1.34. The van der Waals surface area contributed by atoms with E-state index < -0.39 is 11.6 Å². The van der Waals surface area contributed by atoms with Crippen molar-refractivity contribution in [1.29, 1.82) is 5.26 Å². The van der Waals surface area contributed by atoms with Gasteiger partial charge in [0, 0.05) is 47.3 Å². The lowest BCUT2D eigenvalue weighted by atomic mass is 9.88. The number of piperidine rings is 1. The second kappa shape index (κ2) is 13.2. The minimum absolute atomic E-state index is 0.158. The van der Waals surface area contributed by atoms with Gasteiger partial charge < -0.3 is 24.1 Å². The van der Waals surface area contributed by atoms with E-state index in [2.05, 4.69) is 31.0 Å². The Morgan fingerprint density at radius 1 is 1.00 bits per heavy atom. The molecule has 278 valence electrons. The molecule has 3 fully saturated rings. The molecule has 4 aromatic carbocycles. The van der Waals surface area contributed by atoms with Crippen molar-refractivity contribution in [1.82, 2.24) is 24.6 Å². The van der Waals surface area contributed by atoms with Crippen molar-refractivity contribution in [3.05, 3.63) is 112 Å². The number of benzene rings is 4. The number of para-hydroxylation sites is 1. The highest BCUT2D eigenvalue weighted by molar-refractivity contribution is 6.07. The number of hydrogen-bond donors (Lipinski definition) is 2. The summed E-state index contributed by atoms with van der Waals surface area (Å²) in [5, 5.41) is 20.9. The quantitative estimate of drug-likeness (QED) is 0.153. The topological polar surface area (TPSA) is 130 Å². The Morgan fingerprint density at radius 3 is 2.62 bits per heavy atom. The number of fused-ring (bicyclic) bond motifs is 3. The number of H-pyrrole nitrogens is 1. The second-order valence-electron chi connectivity index (χ2n) is 15.4. The smallest absolute Gasteiger partial charge is 0.278 e. The highest BCUT2D eigenvalue weighted by Gasteiger charge is 2.43. The number of halogens is 1. The average Bonchev–Trinajstić information content (AvgIpc) is 3.69. The monoisotopic (exact) mass is 737 g/mol. The summed E-state index contributed by atoms with van der Waals surface area (Å²) in [4.78, 5) is 21.0. The van der Waals surface area contributed by atoms with E-state index in [-0.39, 0.29) is 29.1 Å². The first-order chi connectivity index (χ1) is 26.8. The molecule has 55 heavy (non-hydrogen) atoms. The van der Waals surface area contributed by atoms with Crippen LogP contribution in [0.15, 0.2) is 72.8 Å². The van der Waals surface area contributed by atoms with Crippen molar-refractivity contribution in [2.45, 2.75) is 75.8 Å². The normalized spacial score (nSPS) is 21.1. The fraction of sp³-hybridized carbons (Fsp3) is 0.349. The van der Waals surface area contributed by atoms with Gasteiger partial charge in [-0.05, 0) is 112 Å². The molecule has 5 heterocycles. The predicted molar refractivity (Wildman–Crippen MR) is 204 cm³/mol. The maximum atomic E-state index is 15.1. The standard InChI is InChI=1S/C43H40FN7O4/c1-43(33-10-5-25(22-45)19-34(33)44)54-38-4-2-3-31(41(38)55-43)26-13-16-50(17-14-26)24-39-47-36-21-29(9-12-37(36)51(39)23-30-15-18-53-30)46-42(52)28-8-11-35-32(20-28)40(49-48-35)27-6-7-27/h2-5,8-12,19-21,26-27,30H,6-7,13-18,23-24H2,1H3,(H,46,52)(H,48,49). The van der Waals surface area contributed by atoms with Crippen LogP contribution in [-0.2, 0) is 23.6 Å². The summed E-state index contributed by atoms with van der Waals surface area (Å²) in [5.74, 6) is 0.934. The fourth-order valence-electron chi connectivity index (χ4n) is 8.41. The summed E-state index contributed by atoms with van der Waals surface area (Å²) in [5.41, 5.74) is 6.71. The zero-order chi connectivity index (χ0) is 37.3. The summed E-state index contributed by atoms with van der Waals surface area (Å²) >= 11 is 0. The van der Waals surface area contributed by atoms with Crippen molar-refractivity contribution in [3.63, 3.8) is 0 Å². The Balaban J connectivity index is 0.845. The summed E-state index contributed by atoms with van der Waals surface area (Å²) in [6.07, 6.45) is 5.31. The van der Waals surface area contributed by atoms with E-state index in [1.807, 2.05) is 54.6 Å². The van der Waals surface area contributed by atoms with Crippen molar-refractivity contribution >= 4 is 33.5 Å². The molecule has 2 aromatic heterocycles. The average molecular weight is 738 g/mol. The number of rotatable bonds is 9. The predicted octanol–water partition coefficient (Wildman–Crippen LogP) is 7.87. The summed E-state index contributed by atoms with van der Waals surface area (Å²) in [7, 11) is 0. The van der Waals surface area contributed by atoms with Gasteiger partial charge >= 0.3 is 0 Å². The van der Waals surface area contributed by atoms with Crippen LogP contribution in [0.3, 0.4) is 0 Å². The molecule has 2 saturated heterocycles. The van der Waals surface area contributed by atoms with Gasteiger partial charge in [-0.15, -0.1) is 0 Å². The van der Waals surface area contributed by atoms with Crippen molar-refractivity contribution in [2.75, 3.05) is 25.0 Å². The van der Waals surface area contributed by atoms with E-state index in [0.717, 1.165) is 97.4 Å². The Bertz CT molecular complexity index is 2520. The number of carbonyl (C=O) groups is 1. The Morgan fingerprint density at radius 2 is 1.85 bits per heavy atom. The van der Waals surface area contributed by atoms with E-state index in [0.29, 0.717) is 35.2 Å². The largest absolute Gasteiger partial charge is 0.444 e. The van der Waals surface area contributed by atoms with Gasteiger partial charge in [0.2, 0.25) is 0 Å². The molecule has 2 unspecified atom stereocenters. The number of nitrogens with zero attached hydrogens (tertiary/aromatic N) is 5. The number of hydrogen-bond acceptors (Lipinski definition) is 8. The minimum Gasteiger partial charge on any atom is -0.444 e. The molecule has 6 aromatic rings. The molecule has 1 saturated carbocycles. The van der Waals surface area contributed by atoms with Crippen LogP contribution in [0.2, 0.25) is 0 Å². The van der Waals surface area contributed by atoms with E-state index in [9.17, 15) is 10.1 Å². The van der Waals surface area contributed by atoms with Crippen LogP contribution in [0.5, 0.6) is 11.5 Å². The third-order valence-corrected chi connectivity index (χ3v) is 11.7. The van der Waals surface area contributed by atoms with Gasteiger partial charge in [-0.1, -0.05) is 12.1 Å². The number of nitriles is 1. The van der Waals surface area contributed by atoms with E-state index in [4.69, 9.17) is 19.2 Å². The summed E-state index contributed by atoms with van der Waals surface area (Å²) in [6.45, 7) is 5.64. The SMILES string of the molecule is CC1(c2ccc(C#N)cc2F)Oc2cccc(C3CCN(Cc4nc5cc(NC(=O)c6ccc7n[nH]c(C8CC8)c7c6)ccc5n4CC4CCO4)CC3)c2O1. The number of anilines is 1. The lowest BCUT2D eigenvalue weighted by Crippen LogP contribution is -2.35. The first-order valence-electron chi connectivity index (χ1n) is 19.2. The molecule has 2 atom stereocenters. The zero-order valence-corrected chi connectivity index (χ0v) is 30.5. The summed E-state index contributed by atoms with van der Waals surface area (Å²) in [6, 6.07) is 23.9. The van der Waals surface area contributed by atoms with Crippen LogP contribution in [0.4, 0.5) is 10.1 Å². The van der Waals surface area contributed by atoms with Gasteiger partial charge in [-0.25, -0.2) is 9.37 Å². The molecule has 1 amide bonds. The molecular formula is C43H40FN7O4. The van der Waals surface area contributed by atoms with E-state index in [1.54, 1.807) is 19.1 Å². The molecule has 10 rings (SSSR count). The van der Waals surface area contributed by atoms with Crippen LogP contribution in [-0.4, -0.2) is 56.4 Å². The molecule has 0 radical (unpaired) electrons. The number of carbonyl (C=O) groups excluding carboxylic acids is 1. The first kappa shape index (κ1) is 33.8. The Hall–Kier alpha value is -5.77. The molecule has 12 heteroatoms. The maximum Gasteiger partial charge on any atom is 0.278 e. The first-order valence-corrected chi connectivity index (χ1v) is 19.2. The van der Waals surface area contributed by atoms with Crippen LogP contribution < -0.4 is 14.8 Å². The number of aromatic amines is 1. The summed E-state index contributed by atoms with van der Waals surface area (Å²) < 4.78 is 35.9. The number of imidazole rings is 1. The van der Waals surface area contributed by atoms with E-state index >= 15 is 4.39 Å². The van der Waals surface area contributed by atoms with Crippen molar-refractivity contribution < 1.29 is 23.4 Å². The van der Waals surface area contributed by atoms with Crippen LogP contribution >= 0.6 is 0 Å². The van der Waals surface area contributed by atoms with Gasteiger partial charge in [-0.2, -0.15) is 10.4 Å². The van der Waals surface area contributed by atoms with Gasteiger partial charge in [0.15, 0.2) is 11.5 Å². The van der Waals surface area contributed by atoms with Gasteiger partial charge in [0.25, 0.3) is 11.7 Å². The third kappa shape index (κ3) is 6.17. The lowest BCUT2D eigenvalue weighted by Gasteiger charge is -2.33. The molecule has 3 aliphatic heterocycles. The Kier molecular flexibility index (Phi) is 8.11. The molecule has 11 nitrogen and oxygen atoms in total. The highest BCUT2D eigenvalue weighted by atomic mass is 19.1. The lowest BCUT2D eigenvalue weighted by molar-refractivity contribution is -0.0712. The molecule has 0 spiro atoms. The highest BCUT2D eigenvalue weighted by Crippen LogP contribution is 2.50. The maximum absolute atomic E-state index is 15.1. The second-order valence-corrected chi connectivity index (χ2v) is 15.4. The fourth-order valence-corrected chi connectivity index (χ4v) is 8.41. The number of aromatic nitrogens is 4. The van der Waals surface area contributed by atoms with Crippen LogP contribution in [0.25, 0.3) is 21.9 Å². The van der Waals surface area contributed by atoms with Crippen molar-refractivity contribution in [3.8, 4) is 17.6 Å². The Labute approximate surface area is 317 Å². The number of likely N-dealkylation sites (tertiary alicyclic amines) is 1. The van der Waals surface area contributed by atoms with Crippen molar-refractivity contribution in [2.24, 2.45) is 0 Å². The van der Waals surface area contributed by atoms with Crippen LogP contribution in [0.1, 0.15) is 89.4 Å². The molecule has 1 aliphatic carbocycles. The molecule has 2 N–H and O–H groups in total. The number of ether oxygens (including phenoxy) is 3. The van der Waals surface area contributed by atoms with Gasteiger partial charge in [0.05, 0.1) is 52.9 Å². The third-order valence-electron chi connectivity index (χ3n) is 11.7. The van der Waals surface area contributed by atoms with Gasteiger partial charge in [0.1, 0.15) is 11.6 Å². The van der Waals surface area contributed by atoms with Crippen LogP contribution in [0, 0.1) is 17.1 Å². The molecule has 4 aliphatic rings. The zero-order valence-electron chi connectivity index (χ0n) is 30.5. The molecule has 0 bridgehead atoms. The van der Waals surface area contributed by atoms with Gasteiger partial charge in [-0.3, -0.25) is 14.8 Å². The number of amides is 1. The number of nitrogens with one attached hydrogen (secondary N) is 2. The van der Waals surface area contributed by atoms with E-state index in [1.165, 1.54) is 6.07 Å².